The largest absolute Gasteiger partial charge is 0.454 e. The van der Waals surface area contributed by atoms with E-state index in [-0.39, 0.29) is 19.4 Å². The van der Waals surface area contributed by atoms with Crippen LogP contribution in [0.5, 0.6) is 0 Å². The van der Waals surface area contributed by atoms with Crippen molar-refractivity contribution in [2.24, 2.45) is 0 Å². The zero-order valence-corrected chi connectivity index (χ0v) is 52.0. The van der Waals surface area contributed by atoms with Gasteiger partial charge in [-0.15, -0.1) is 0 Å². The van der Waals surface area contributed by atoms with Gasteiger partial charge in [0, 0.05) is 6.42 Å². The summed E-state index contributed by atoms with van der Waals surface area (Å²) in [4.78, 5) is 26.6. The van der Waals surface area contributed by atoms with E-state index in [1.165, 1.54) is 38.5 Å². The molecule has 8 atom stereocenters. The molecule has 8 unspecified atom stereocenters. The highest BCUT2D eigenvalue weighted by molar-refractivity contribution is 5.80. The fraction of sp³-hybridized carbons (Fsp3) is 0.639. The van der Waals surface area contributed by atoms with Crippen LogP contribution in [0.2, 0.25) is 0 Å². The Hall–Kier alpha value is -4.46. The van der Waals surface area contributed by atoms with E-state index in [0.717, 1.165) is 148 Å². The first-order valence-corrected chi connectivity index (χ1v) is 32.6. The minimum Gasteiger partial charge on any atom is -0.454 e. The Labute approximate surface area is 505 Å². The number of ether oxygens (including phenoxy) is 3. The van der Waals surface area contributed by atoms with Crippen molar-refractivity contribution in [3.05, 3.63) is 146 Å². The molecule has 11 heteroatoms. The molecule has 1 saturated heterocycles. The summed E-state index contributed by atoms with van der Waals surface area (Å²) in [7, 11) is 0. The standard InChI is InChI=1S/C72H117NO10/c1-4-7-10-13-16-19-22-24-26-28-30-31-32-33-34-36-37-39-41-44-47-50-53-56-59-65(76)71(80)73-63(64(75)58-55-52-49-46-43-21-18-15-12-9-6-3)62-81-72-70(69(79)68(78)66(61-74)82-72)83-67(77)60-57-54-51-48-45-42-40-38-35-29-27-25-23-20-17-14-11-8-5-2/h7-8,10-11,16-17,19-20,24-27,30-31,33-35,37-39,42,45,55,58,63-66,68-70,72,74-76,78-79H,4-6,9,12-15,18,21-23,28-29,32,36,40-41,43-44,46-54,56-57,59-62H2,1-3H3,(H,73,80)/b10-7-,11-8-,19-16-,20-17-,26-24-,27-25-,31-30-,34-33-,38-35-,39-37-,45-42-,58-55+. The van der Waals surface area contributed by atoms with Crippen molar-refractivity contribution in [1.82, 2.24) is 5.32 Å². The lowest BCUT2D eigenvalue weighted by Crippen LogP contribution is -2.61. The third kappa shape index (κ3) is 45.6. The molecule has 0 spiro atoms. The Morgan fingerprint density at radius 2 is 0.867 bits per heavy atom. The van der Waals surface area contributed by atoms with E-state index in [0.29, 0.717) is 12.8 Å². The van der Waals surface area contributed by atoms with E-state index < -0.39 is 67.4 Å². The number of allylic oxidation sites excluding steroid dienone is 23. The van der Waals surface area contributed by atoms with Gasteiger partial charge >= 0.3 is 5.97 Å². The van der Waals surface area contributed by atoms with E-state index in [4.69, 9.17) is 14.2 Å². The highest BCUT2D eigenvalue weighted by atomic mass is 16.7. The maximum absolute atomic E-state index is 13.4. The second-order valence-electron chi connectivity index (χ2n) is 21.7. The molecule has 0 aliphatic carbocycles. The summed E-state index contributed by atoms with van der Waals surface area (Å²) in [6, 6.07) is -1.05. The third-order valence-corrected chi connectivity index (χ3v) is 14.2. The number of hydrogen-bond acceptors (Lipinski definition) is 10. The van der Waals surface area contributed by atoms with E-state index in [1.54, 1.807) is 6.08 Å². The highest BCUT2D eigenvalue weighted by Gasteiger charge is 2.47. The summed E-state index contributed by atoms with van der Waals surface area (Å²) >= 11 is 0. The molecule has 0 aromatic heterocycles. The maximum atomic E-state index is 13.4. The quantitative estimate of drug-likeness (QED) is 0.0195. The van der Waals surface area contributed by atoms with Crippen molar-refractivity contribution in [2.45, 2.75) is 282 Å². The van der Waals surface area contributed by atoms with Crippen molar-refractivity contribution >= 4 is 11.9 Å². The van der Waals surface area contributed by atoms with Crippen LogP contribution < -0.4 is 5.32 Å². The summed E-state index contributed by atoms with van der Waals surface area (Å²) in [5, 5.41) is 57.0. The summed E-state index contributed by atoms with van der Waals surface area (Å²) in [6.45, 7) is 5.51. The van der Waals surface area contributed by atoms with Crippen LogP contribution in [0.3, 0.4) is 0 Å². The fourth-order valence-corrected chi connectivity index (χ4v) is 9.15. The van der Waals surface area contributed by atoms with Gasteiger partial charge in [0.15, 0.2) is 12.4 Å². The molecule has 0 bridgehead atoms. The number of rotatable bonds is 53. The minimum atomic E-state index is -1.64. The first-order valence-electron chi connectivity index (χ1n) is 32.6. The Morgan fingerprint density at radius 1 is 0.482 bits per heavy atom. The average Bonchev–Trinajstić information content (AvgIpc) is 3.52. The van der Waals surface area contributed by atoms with E-state index in [2.05, 4.69) is 160 Å². The van der Waals surface area contributed by atoms with Gasteiger partial charge in [0.2, 0.25) is 5.91 Å². The Bertz CT molecular complexity index is 1910. The van der Waals surface area contributed by atoms with Crippen LogP contribution in [-0.2, 0) is 23.8 Å². The van der Waals surface area contributed by atoms with Gasteiger partial charge in [-0.05, 0) is 122 Å². The number of aliphatic hydroxyl groups is 5. The van der Waals surface area contributed by atoms with Gasteiger partial charge < -0.3 is 45.1 Å². The molecule has 1 heterocycles. The summed E-state index contributed by atoms with van der Waals surface area (Å²) in [5.41, 5.74) is 0. The minimum absolute atomic E-state index is 0.0739. The van der Waals surface area contributed by atoms with Gasteiger partial charge in [-0.1, -0.05) is 250 Å². The number of amides is 1. The smallest absolute Gasteiger partial charge is 0.306 e. The van der Waals surface area contributed by atoms with Gasteiger partial charge in [0.1, 0.15) is 24.4 Å². The fourth-order valence-electron chi connectivity index (χ4n) is 9.15. The van der Waals surface area contributed by atoms with Crippen LogP contribution in [0.1, 0.15) is 233 Å². The monoisotopic (exact) mass is 1160 g/mol. The molecule has 1 aliphatic heterocycles. The summed E-state index contributed by atoms with van der Waals surface area (Å²) in [5.74, 6) is -1.26. The molecule has 1 fully saturated rings. The SMILES string of the molecule is CC/C=C\C/C=C\C/C=C\C/C=C\C/C=C\C/C=C\CCCCCCCC(O)C(=O)NC(COC1OC(CO)C(O)C(O)C1OC(=O)CCCCC/C=C\C/C=C\C/C=C\C/C=C\C/C=C\CC)C(O)/C=C/CCCCCCCCCCC. The van der Waals surface area contributed by atoms with Gasteiger partial charge in [-0.25, -0.2) is 0 Å². The first kappa shape index (κ1) is 76.6. The number of hydrogen-bond donors (Lipinski definition) is 6. The molecule has 11 nitrogen and oxygen atoms in total. The Balaban J connectivity index is 2.67. The van der Waals surface area contributed by atoms with Crippen molar-refractivity contribution in [3.63, 3.8) is 0 Å². The van der Waals surface area contributed by atoms with Crippen molar-refractivity contribution in [2.75, 3.05) is 13.2 Å². The predicted molar refractivity (Wildman–Crippen MR) is 347 cm³/mol. The number of carbonyl (C=O) groups excluding carboxylic acids is 2. The highest BCUT2D eigenvalue weighted by Crippen LogP contribution is 2.26. The second-order valence-corrected chi connectivity index (χ2v) is 21.7. The van der Waals surface area contributed by atoms with Crippen LogP contribution in [-0.4, -0.2) is 99.6 Å². The molecule has 470 valence electrons. The topological polar surface area (TPSA) is 175 Å². The van der Waals surface area contributed by atoms with Crippen molar-refractivity contribution in [3.8, 4) is 0 Å². The number of unbranched alkanes of at least 4 members (excludes halogenated alkanes) is 17. The second kappa shape index (κ2) is 57.9. The van der Waals surface area contributed by atoms with Gasteiger partial charge in [-0.3, -0.25) is 9.59 Å². The maximum Gasteiger partial charge on any atom is 0.306 e. The zero-order valence-electron chi connectivity index (χ0n) is 52.0. The number of nitrogens with one attached hydrogen (secondary N) is 1. The molecule has 0 saturated carbocycles. The van der Waals surface area contributed by atoms with Crippen LogP contribution in [0.25, 0.3) is 0 Å². The van der Waals surface area contributed by atoms with Crippen LogP contribution in [0, 0.1) is 0 Å². The zero-order chi connectivity index (χ0) is 60.3. The van der Waals surface area contributed by atoms with Gasteiger partial charge in [0.25, 0.3) is 0 Å². The lowest BCUT2D eigenvalue weighted by molar-refractivity contribution is -0.305. The van der Waals surface area contributed by atoms with Crippen LogP contribution in [0.15, 0.2) is 146 Å². The average molecular weight is 1160 g/mol. The lowest BCUT2D eigenvalue weighted by atomic mass is 9.99. The molecular weight excluding hydrogens is 1040 g/mol. The molecule has 83 heavy (non-hydrogen) atoms. The first-order chi connectivity index (χ1) is 40.7. The molecule has 1 amide bonds. The molecule has 1 rings (SSSR count). The molecular formula is C72H117NO10. The molecule has 0 aromatic carbocycles. The van der Waals surface area contributed by atoms with Gasteiger partial charge in [-0.2, -0.15) is 0 Å². The van der Waals surface area contributed by atoms with Crippen LogP contribution in [0.4, 0.5) is 0 Å². The summed E-state index contributed by atoms with van der Waals surface area (Å²) < 4.78 is 17.6. The van der Waals surface area contributed by atoms with E-state index in [1.807, 2.05) is 6.08 Å². The van der Waals surface area contributed by atoms with E-state index in [9.17, 15) is 35.1 Å². The molecule has 6 N–H and O–H groups in total. The lowest BCUT2D eigenvalue weighted by Gasteiger charge is -2.41. The molecule has 0 radical (unpaired) electrons. The normalized spacial score (nSPS) is 19.5. The van der Waals surface area contributed by atoms with Crippen molar-refractivity contribution in [1.29, 1.82) is 0 Å². The third-order valence-electron chi connectivity index (χ3n) is 14.2. The number of aliphatic hydroxyl groups excluding tert-OH is 5. The predicted octanol–water partition coefficient (Wildman–Crippen LogP) is 16.2. The number of esters is 1. The molecule has 0 aromatic rings. The number of carbonyl (C=O) groups is 2. The van der Waals surface area contributed by atoms with Crippen LogP contribution >= 0.6 is 0 Å². The summed E-state index contributed by atoms with van der Waals surface area (Å²) in [6.07, 6.45) is 73.1. The van der Waals surface area contributed by atoms with Crippen molar-refractivity contribution < 1.29 is 49.3 Å². The Morgan fingerprint density at radius 3 is 1.30 bits per heavy atom. The van der Waals surface area contributed by atoms with Gasteiger partial charge in [0.05, 0.1) is 25.4 Å². The molecule has 1 aliphatic rings. The van der Waals surface area contributed by atoms with E-state index >= 15 is 0 Å². The Kier molecular flexibility index (Phi) is 53.4.